The summed E-state index contributed by atoms with van der Waals surface area (Å²) in [6, 6.07) is 6.10. The molecule has 0 fully saturated rings. The number of nitrogens with two attached hydrogens (primary N) is 1. The lowest BCUT2D eigenvalue weighted by Gasteiger charge is -2.36. The summed E-state index contributed by atoms with van der Waals surface area (Å²) in [5.74, 6) is -1.24. The SMILES string of the molecule is CCO[C@H]1OC(C(N)=O)=C[C@@H](c2ccc(F)cc2)[C@H]1CCCO. The second kappa shape index (κ2) is 8.08. The van der Waals surface area contributed by atoms with Crippen LogP contribution in [0.25, 0.3) is 0 Å². The van der Waals surface area contributed by atoms with Crippen molar-refractivity contribution in [2.75, 3.05) is 13.2 Å². The largest absolute Gasteiger partial charge is 0.459 e. The van der Waals surface area contributed by atoms with Gasteiger partial charge < -0.3 is 20.3 Å². The minimum atomic E-state index is -0.664. The van der Waals surface area contributed by atoms with Crippen molar-refractivity contribution in [3.63, 3.8) is 0 Å². The van der Waals surface area contributed by atoms with E-state index in [9.17, 15) is 9.18 Å². The average molecular weight is 323 g/mol. The van der Waals surface area contributed by atoms with Gasteiger partial charge in [-0.05, 0) is 43.5 Å². The minimum Gasteiger partial charge on any atom is -0.459 e. The first-order valence-corrected chi connectivity index (χ1v) is 7.73. The predicted molar refractivity (Wildman–Crippen MR) is 82.7 cm³/mol. The van der Waals surface area contributed by atoms with Crippen molar-refractivity contribution in [2.24, 2.45) is 11.7 Å². The van der Waals surface area contributed by atoms with Crippen molar-refractivity contribution < 1.29 is 23.8 Å². The Bertz CT molecular complexity index is 558. The zero-order chi connectivity index (χ0) is 16.8. The number of halogens is 1. The fraction of sp³-hybridized carbons (Fsp3) is 0.471. The van der Waals surface area contributed by atoms with E-state index in [1.807, 2.05) is 6.92 Å². The fourth-order valence-corrected chi connectivity index (χ4v) is 2.84. The third-order valence-corrected chi connectivity index (χ3v) is 3.91. The standard InChI is InChI=1S/C17H22FNO4/c1-2-22-17-13(4-3-9-20)14(10-15(23-17)16(19)21)11-5-7-12(18)8-6-11/h5-8,10,13-14,17,20H,2-4,9H2,1H3,(H2,19,21)/t13-,14+,17+/m1/s1. The third kappa shape index (κ3) is 4.30. The zero-order valence-corrected chi connectivity index (χ0v) is 13.1. The van der Waals surface area contributed by atoms with Crippen molar-refractivity contribution in [1.82, 2.24) is 0 Å². The Labute approximate surface area is 134 Å². The molecule has 0 aliphatic carbocycles. The average Bonchev–Trinajstić information content (AvgIpc) is 2.54. The summed E-state index contributed by atoms with van der Waals surface area (Å²) in [4.78, 5) is 11.5. The normalized spacial score (nSPS) is 24.0. The number of amides is 1. The monoisotopic (exact) mass is 323 g/mol. The maximum atomic E-state index is 13.2. The van der Waals surface area contributed by atoms with Crippen LogP contribution >= 0.6 is 0 Å². The highest BCUT2D eigenvalue weighted by Crippen LogP contribution is 2.39. The molecule has 1 amide bonds. The van der Waals surface area contributed by atoms with Gasteiger partial charge in [-0.1, -0.05) is 12.1 Å². The van der Waals surface area contributed by atoms with E-state index in [0.29, 0.717) is 19.4 Å². The molecule has 0 radical (unpaired) electrons. The molecule has 5 nitrogen and oxygen atoms in total. The first-order valence-electron chi connectivity index (χ1n) is 7.73. The van der Waals surface area contributed by atoms with Gasteiger partial charge in [0.1, 0.15) is 5.82 Å². The molecule has 0 spiro atoms. The van der Waals surface area contributed by atoms with E-state index in [1.54, 1.807) is 18.2 Å². The van der Waals surface area contributed by atoms with Gasteiger partial charge in [0.2, 0.25) is 6.29 Å². The number of carbonyl (C=O) groups excluding carboxylic acids is 1. The number of rotatable bonds is 7. The van der Waals surface area contributed by atoms with E-state index >= 15 is 0 Å². The molecule has 0 saturated heterocycles. The fourth-order valence-electron chi connectivity index (χ4n) is 2.84. The lowest BCUT2D eigenvalue weighted by atomic mass is 9.80. The van der Waals surface area contributed by atoms with Crippen LogP contribution in [0.15, 0.2) is 36.1 Å². The Morgan fingerprint density at radius 1 is 1.39 bits per heavy atom. The quantitative estimate of drug-likeness (QED) is 0.805. The number of hydrogen-bond donors (Lipinski definition) is 2. The Morgan fingerprint density at radius 3 is 2.65 bits per heavy atom. The van der Waals surface area contributed by atoms with E-state index < -0.39 is 12.2 Å². The molecule has 0 aromatic heterocycles. The van der Waals surface area contributed by atoms with Gasteiger partial charge >= 0.3 is 0 Å². The Balaban J connectivity index is 2.38. The molecule has 23 heavy (non-hydrogen) atoms. The van der Waals surface area contributed by atoms with Crippen LogP contribution in [0.3, 0.4) is 0 Å². The molecule has 0 bridgehead atoms. The number of ether oxygens (including phenoxy) is 2. The zero-order valence-electron chi connectivity index (χ0n) is 13.1. The molecule has 0 saturated carbocycles. The van der Waals surface area contributed by atoms with Crippen molar-refractivity contribution in [2.45, 2.75) is 32.0 Å². The lowest BCUT2D eigenvalue weighted by molar-refractivity contribution is -0.165. The van der Waals surface area contributed by atoms with Gasteiger partial charge in [-0.3, -0.25) is 4.79 Å². The molecule has 2 rings (SSSR count). The van der Waals surface area contributed by atoms with Crippen LogP contribution in [0.4, 0.5) is 4.39 Å². The Hall–Kier alpha value is -1.92. The first-order chi connectivity index (χ1) is 11.1. The maximum Gasteiger partial charge on any atom is 0.283 e. The summed E-state index contributed by atoms with van der Waals surface area (Å²) >= 11 is 0. The van der Waals surface area contributed by atoms with Crippen LogP contribution in [-0.4, -0.2) is 30.5 Å². The molecule has 1 aromatic rings. The van der Waals surface area contributed by atoms with Crippen LogP contribution in [0.5, 0.6) is 0 Å². The molecule has 1 heterocycles. The van der Waals surface area contributed by atoms with Gasteiger partial charge in [0.15, 0.2) is 5.76 Å². The summed E-state index contributed by atoms with van der Waals surface area (Å²) in [6.45, 7) is 2.31. The summed E-state index contributed by atoms with van der Waals surface area (Å²) in [5, 5.41) is 9.13. The second-order valence-electron chi connectivity index (χ2n) is 5.44. The third-order valence-electron chi connectivity index (χ3n) is 3.91. The van der Waals surface area contributed by atoms with Gasteiger partial charge in [0, 0.05) is 25.0 Å². The van der Waals surface area contributed by atoms with Crippen LogP contribution in [-0.2, 0) is 14.3 Å². The minimum absolute atomic E-state index is 0.0534. The van der Waals surface area contributed by atoms with Crippen LogP contribution in [0.2, 0.25) is 0 Å². The predicted octanol–water partition coefficient (Wildman–Crippen LogP) is 2.06. The number of allylic oxidation sites excluding steroid dienone is 1. The van der Waals surface area contributed by atoms with E-state index in [2.05, 4.69) is 0 Å². The van der Waals surface area contributed by atoms with Crippen LogP contribution < -0.4 is 5.73 Å². The molecule has 3 N–H and O–H groups in total. The van der Waals surface area contributed by atoms with Crippen molar-refractivity contribution in [3.05, 3.63) is 47.5 Å². The molecule has 0 unspecified atom stereocenters. The van der Waals surface area contributed by atoms with E-state index in [-0.39, 0.29) is 30.0 Å². The van der Waals surface area contributed by atoms with E-state index in [4.69, 9.17) is 20.3 Å². The topological polar surface area (TPSA) is 81.8 Å². The number of primary amides is 1. The first kappa shape index (κ1) is 17.4. The number of benzene rings is 1. The molecular formula is C17H22FNO4. The summed E-state index contributed by atoms with van der Waals surface area (Å²) in [5.41, 5.74) is 6.20. The van der Waals surface area contributed by atoms with Crippen molar-refractivity contribution in [3.8, 4) is 0 Å². The van der Waals surface area contributed by atoms with Crippen LogP contribution in [0.1, 0.15) is 31.2 Å². The highest BCUT2D eigenvalue weighted by molar-refractivity contribution is 5.90. The van der Waals surface area contributed by atoms with Crippen LogP contribution in [0, 0.1) is 11.7 Å². The van der Waals surface area contributed by atoms with Gasteiger partial charge in [-0.2, -0.15) is 0 Å². The highest BCUT2D eigenvalue weighted by Gasteiger charge is 2.37. The molecule has 1 aliphatic heterocycles. The number of hydrogen-bond acceptors (Lipinski definition) is 4. The van der Waals surface area contributed by atoms with E-state index in [0.717, 1.165) is 5.56 Å². The molecule has 6 heteroatoms. The second-order valence-corrected chi connectivity index (χ2v) is 5.44. The van der Waals surface area contributed by atoms with Crippen molar-refractivity contribution in [1.29, 1.82) is 0 Å². The summed E-state index contributed by atoms with van der Waals surface area (Å²) in [7, 11) is 0. The lowest BCUT2D eigenvalue weighted by Crippen LogP contribution is -2.37. The Morgan fingerprint density at radius 2 is 2.09 bits per heavy atom. The van der Waals surface area contributed by atoms with Gasteiger partial charge in [0.25, 0.3) is 5.91 Å². The molecular weight excluding hydrogens is 301 g/mol. The number of aliphatic hydroxyl groups excluding tert-OH is 1. The summed E-state index contributed by atoms with van der Waals surface area (Å²) in [6.07, 6.45) is 2.25. The van der Waals surface area contributed by atoms with Crippen molar-refractivity contribution >= 4 is 5.91 Å². The molecule has 1 aromatic carbocycles. The summed E-state index contributed by atoms with van der Waals surface area (Å²) < 4.78 is 24.4. The van der Waals surface area contributed by atoms with Gasteiger partial charge in [-0.15, -0.1) is 0 Å². The molecule has 126 valence electrons. The smallest absolute Gasteiger partial charge is 0.283 e. The number of carbonyl (C=O) groups is 1. The number of aliphatic hydroxyl groups is 1. The maximum absolute atomic E-state index is 13.2. The highest BCUT2D eigenvalue weighted by atomic mass is 19.1. The van der Waals surface area contributed by atoms with Gasteiger partial charge in [-0.25, -0.2) is 4.39 Å². The van der Waals surface area contributed by atoms with Gasteiger partial charge in [0.05, 0.1) is 0 Å². The molecule has 1 aliphatic rings. The molecule has 3 atom stereocenters. The van der Waals surface area contributed by atoms with E-state index in [1.165, 1.54) is 12.1 Å². The Kier molecular flexibility index (Phi) is 6.12.